The number of aromatic nitrogens is 4. The van der Waals surface area contributed by atoms with Crippen LogP contribution in [-0.2, 0) is 22.5 Å². The topological polar surface area (TPSA) is 91.6 Å². The summed E-state index contributed by atoms with van der Waals surface area (Å²) < 4.78 is 14.0. The van der Waals surface area contributed by atoms with E-state index in [9.17, 15) is 9.59 Å². The molecule has 5 rings (SSSR count). The number of hydrogen-bond donors (Lipinski definition) is 0. The van der Waals surface area contributed by atoms with E-state index < -0.39 is 5.76 Å². The van der Waals surface area contributed by atoms with Gasteiger partial charge in [0.25, 0.3) is 0 Å². The van der Waals surface area contributed by atoms with E-state index in [1.807, 2.05) is 60.8 Å². The van der Waals surface area contributed by atoms with E-state index in [1.54, 1.807) is 10.6 Å². The number of fused-ring (bicyclic) bond motifs is 4. The van der Waals surface area contributed by atoms with Crippen LogP contribution in [0.1, 0.15) is 29.8 Å². The van der Waals surface area contributed by atoms with Gasteiger partial charge in [0.1, 0.15) is 0 Å². The Morgan fingerprint density at radius 3 is 2.76 bits per heavy atom. The van der Waals surface area contributed by atoms with Crippen molar-refractivity contribution in [3.8, 4) is 0 Å². The van der Waals surface area contributed by atoms with Crippen molar-refractivity contribution in [1.82, 2.24) is 19.2 Å². The van der Waals surface area contributed by atoms with Crippen LogP contribution in [0.2, 0.25) is 0 Å². The van der Waals surface area contributed by atoms with Gasteiger partial charge in [0.05, 0.1) is 17.6 Å². The first-order valence-corrected chi connectivity index (χ1v) is 11.0. The van der Waals surface area contributed by atoms with E-state index in [1.165, 1.54) is 0 Å². The number of aryl methyl sites for hydroxylation is 3. The van der Waals surface area contributed by atoms with E-state index >= 15 is 0 Å². The number of rotatable bonds is 7. The average molecular weight is 444 g/mol. The summed E-state index contributed by atoms with van der Waals surface area (Å²) in [6.45, 7) is 4.63. The zero-order valence-electron chi connectivity index (χ0n) is 18.6. The third-order valence-corrected chi connectivity index (χ3v) is 5.96. The second kappa shape index (κ2) is 8.54. The summed E-state index contributed by atoms with van der Waals surface area (Å²) >= 11 is 0. The zero-order chi connectivity index (χ0) is 22.9. The van der Waals surface area contributed by atoms with Crippen LogP contribution in [0.3, 0.4) is 0 Å². The minimum atomic E-state index is -0.400. The van der Waals surface area contributed by atoms with Crippen molar-refractivity contribution < 1.29 is 13.9 Å². The van der Waals surface area contributed by atoms with Crippen LogP contribution < -0.4 is 5.76 Å². The van der Waals surface area contributed by atoms with Gasteiger partial charge in [0, 0.05) is 29.7 Å². The lowest BCUT2D eigenvalue weighted by molar-refractivity contribution is -0.143. The Kier molecular flexibility index (Phi) is 5.42. The molecule has 0 amide bonds. The molecule has 0 radical (unpaired) electrons. The van der Waals surface area contributed by atoms with Crippen LogP contribution in [0, 0.1) is 13.8 Å². The molecule has 0 saturated heterocycles. The average Bonchev–Trinajstić information content (AvgIpc) is 3.34. The second-order valence-electron chi connectivity index (χ2n) is 8.08. The highest BCUT2D eigenvalue weighted by Crippen LogP contribution is 2.23. The molecule has 0 aliphatic rings. The maximum Gasteiger partial charge on any atom is 0.419 e. The molecule has 0 unspecified atom stereocenters. The maximum absolute atomic E-state index is 12.3. The molecule has 33 heavy (non-hydrogen) atoms. The normalized spacial score (nSPS) is 11.6. The fourth-order valence-electron chi connectivity index (χ4n) is 4.27. The molecule has 0 aliphatic carbocycles. The van der Waals surface area contributed by atoms with E-state index in [-0.39, 0.29) is 19.0 Å². The minimum Gasteiger partial charge on any atom is -0.466 e. The number of ether oxygens (including phenoxy) is 1. The molecule has 5 aromatic rings. The van der Waals surface area contributed by atoms with Gasteiger partial charge in [0.15, 0.2) is 11.2 Å². The lowest BCUT2D eigenvalue weighted by Crippen LogP contribution is -2.16. The standard InChI is InChI=1S/C25H24N4O4/c1-16-18(17(2)29-24(26-16)19-8-3-4-9-20(19)27-29)12-13-23(30)32-15-7-14-28-21-10-5-6-11-22(21)33-25(28)31/h3-6,8-11H,7,12-15H2,1-2H3. The Bertz CT molecular complexity index is 1540. The van der Waals surface area contributed by atoms with Gasteiger partial charge in [-0.1, -0.05) is 24.3 Å². The van der Waals surface area contributed by atoms with E-state index in [4.69, 9.17) is 14.1 Å². The summed E-state index contributed by atoms with van der Waals surface area (Å²) in [5.41, 5.74) is 5.90. The van der Waals surface area contributed by atoms with Crippen LogP contribution in [0.4, 0.5) is 0 Å². The first-order valence-electron chi connectivity index (χ1n) is 11.0. The number of hydrogen-bond acceptors (Lipinski definition) is 6. The molecule has 3 heterocycles. The molecular weight excluding hydrogens is 420 g/mol. The number of para-hydroxylation sites is 2. The smallest absolute Gasteiger partial charge is 0.419 e. The highest BCUT2D eigenvalue weighted by Gasteiger charge is 2.15. The molecule has 0 saturated carbocycles. The van der Waals surface area contributed by atoms with E-state index in [0.717, 1.165) is 39.0 Å². The third kappa shape index (κ3) is 3.88. The quantitative estimate of drug-likeness (QED) is 0.279. The van der Waals surface area contributed by atoms with Crippen molar-refractivity contribution in [3.63, 3.8) is 0 Å². The molecule has 0 fully saturated rings. The summed E-state index contributed by atoms with van der Waals surface area (Å²) in [6, 6.07) is 15.2. The van der Waals surface area contributed by atoms with Crippen LogP contribution in [0.5, 0.6) is 0 Å². The number of carbonyl (C=O) groups excluding carboxylic acids is 1. The maximum atomic E-state index is 12.3. The number of nitrogens with zero attached hydrogens (tertiary/aromatic N) is 4. The van der Waals surface area contributed by atoms with Gasteiger partial charge in [-0.15, -0.1) is 0 Å². The highest BCUT2D eigenvalue weighted by molar-refractivity contribution is 5.92. The molecule has 0 atom stereocenters. The Labute approximate surface area is 189 Å². The lowest BCUT2D eigenvalue weighted by Gasteiger charge is -2.11. The van der Waals surface area contributed by atoms with Gasteiger partial charge in [-0.05, 0) is 56.5 Å². The van der Waals surface area contributed by atoms with Crippen LogP contribution in [-0.4, -0.2) is 31.7 Å². The lowest BCUT2D eigenvalue weighted by atomic mass is 10.1. The Morgan fingerprint density at radius 1 is 1.09 bits per heavy atom. The summed E-state index contributed by atoms with van der Waals surface area (Å²) in [7, 11) is 0. The molecule has 0 N–H and O–H groups in total. The molecule has 8 nitrogen and oxygen atoms in total. The highest BCUT2D eigenvalue weighted by atomic mass is 16.5. The Hall–Kier alpha value is -3.94. The zero-order valence-corrected chi connectivity index (χ0v) is 18.6. The SMILES string of the molecule is Cc1nc2c3ccccc3nn2c(C)c1CCC(=O)OCCCn1c(=O)oc2ccccc21. The number of esters is 1. The Balaban J connectivity index is 1.20. The number of benzene rings is 2. The number of oxazole rings is 1. The van der Waals surface area contributed by atoms with Crippen molar-refractivity contribution in [2.45, 2.75) is 39.7 Å². The van der Waals surface area contributed by atoms with Crippen molar-refractivity contribution >= 4 is 33.6 Å². The summed E-state index contributed by atoms with van der Waals surface area (Å²) in [5.74, 6) is -0.674. The van der Waals surface area contributed by atoms with Gasteiger partial charge in [0.2, 0.25) is 0 Å². The van der Waals surface area contributed by atoms with Crippen molar-refractivity contribution in [2.24, 2.45) is 0 Å². The van der Waals surface area contributed by atoms with Crippen LogP contribution in [0.25, 0.3) is 27.6 Å². The van der Waals surface area contributed by atoms with Crippen LogP contribution in [0.15, 0.2) is 57.7 Å². The molecular formula is C25H24N4O4. The fraction of sp³-hybridized carbons (Fsp3) is 0.280. The molecule has 3 aromatic heterocycles. The Morgan fingerprint density at radius 2 is 1.88 bits per heavy atom. The van der Waals surface area contributed by atoms with Gasteiger partial charge >= 0.3 is 11.7 Å². The number of carbonyl (C=O) groups is 1. The van der Waals surface area contributed by atoms with E-state index in [0.29, 0.717) is 25.0 Å². The monoisotopic (exact) mass is 444 g/mol. The molecule has 2 aromatic carbocycles. The molecule has 8 heteroatoms. The van der Waals surface area contributed by atoms with Gasteiger partial charge in [-0.25, -0.2) is 14.3 Å². The third-order valence-electron chi connectivity index (χ3n) is 5.96. The molecule has 0 bridgehead atoms. The van der Waals surface area contributed by atoms with Gasteiger partial charge in [-0.2, -0.15) is 5.10 Å². The molecule has 0 aliphatic heterocycles. The predicted molar refractivity (Wildman–Crippen MR) is 124 cm³/mol. The van der Waals surface area contributed by atoms with Gasteiger partial charge in [-0.3, -0.25) is 9.36 Å². The van der Waals surface area contributed by atoms with Crippen molar-refractivity contribution in [3.05, 3.63) is 76.0 Å². The summed E-state index contributed by atoms with van der Waals surface area (Å²) in [5, 5.41) is 5.67. The molecule has 0 spiro atoms. The summed E-state index contributed by atoms with van der Waals surface area (Å²) in [4.78, 5) is 29.1. The molecule has 168 valence electrons. The predicted octanol–water partition coefficient (Wildman–Crippen LogP) is 3.97. The largest absolute Gasteiger partial charge is 0.466 e. The second-order valence-corrected chi connectivity index (χ2v) is 8.08. The van der Waals surface area contributed by atoms with E-state index in [2.05, 4.69) is 5.10 Å². The van der Waals surface area contributed by atoms with Crippen molar-refractivity contribution in [1.29, 1.82) is 0 Å². The minimum absolute atomic E-state index is 0.241. The fourth-order valence-corrected chi connectivity index (χ4v) is 4.27. The first-order chi connectivity index (χ1) is 16.0. The first kappa shape index (κ1) is 20.9. The van der Waals surface area contributed by atoms with Crippen molar-refractivity contribution in [2.75, 3.05) is 6.61 Å². The van der Waals surface area contributed by atoms with Crippen LogP contribution >= 0.6 is 0 Å². The van der Waals surface area contributed by atoms with Gasteiger partial charge < -0.3 is 9.15 Å². The summed E-state index contributed by atoms with van der Waals surface area (Å²) in [6.07, 6.45) is 1.31.